The number of hydrogen-bond donors (Lipinski definition) is 0. The molecule has 0 radical (unpaired) electrons. The van der Waals surface area contributed by atoms with Crippen molar-refractivity contribution in [3.8, 4) is 0 Å². The highest BCUT2D eigenvalue weighted by atomic mass is 16.5. The largest absolute Gasteiger partial charge is 0.455 e. The third kappa shape index (κ3) is 3.72. The van der Waals surface area contributed by atoms with Gasteiger partial charge in [-0.05, 0) is 23.3 Å². The third-order valence-electron chi connectivity index (χ3n) is 4.27. The Kier molecular flexibility index (Phi) is 4.46. The van der Waals surface area contributed by atoms with Crippen molar-refractivity contribution in [2.24, 2.45) is 4.99 Å². The van der Waals surface area contributed by atoms with Crippen LogP contribution in [0.3, 0.4) is 0 Å². The smallest absolute Gasteiger partial charge is 0.293 e. The van der Waals surface area contributed by atoms with Crippen LogP contribution < -0.4 is 0 Å². The van der Waals surface area contributed by atoms with E-state index in [1.807, 2.05) is 54.6 Å². The van der Waals surface area contributed by atoms with Gasteiger partial charge in [0.25, 0.3) is 6.02 Å². The first-order chi connectivity index (χ1) is 12.4. The van der Waals surface area contributed by atoms with E-state index >= 15 is 0 Å². The first-order valence-corrected chi connectivity index (χ1v) is 8.53. The molecule has 124 valence electrons. The summed E-state index contributed by atoms with van der Waals surface area (Å²) in [5, 5.41) is 0. The molecule has 25 heavy (non-hydrogen) atoms. The number of para-hydroxylation sites is 1. The van der Waals surface area contributed by atoms with Gasteiger partial charge in [0.15, 0.2) is 0 Å². The zero-order valence-corrected chi connectivity index (χ0v) is 14.0. The minimum absolute atomic E-state index is 0.00683. The summed E-state index contributed by atoms with van der Waals surface area (Å²) in [6, 6.07) is 31.4. The highest BCUT2D eigenvalue weighted by Crippen LogP contribution is 2.28. The summed E-state index contributed by atoms with van der Waals surface area (Å²) < 4.78 is 6.21. The van der Waals surface area contributed by atoms with E-state index in [1.165, 1.54) is 11.1 Å². The number of aliphatic imine (C=N–C) groups is 1. The van der Waals surface area contributed by atoms with Crippen molar-refractivity contribution in [2.75, 3.05) is 6.54 Å². The van der Waals surface area contributed by atoms with Gasteiger partial charge < -0.3 is 9.64 Å². The summed E-state index contributed by atoms with van der Waals surface area (Å²) in [6.07, 6.45) is 0.00683. The molecule has 1 aliphatic rings. The molecule has 1 unspecified atom stereocenters. The van der Waals surface area contributed by atoms with Crippen LogP contribution in [-0.4, -0.2) is 17.5 Å². The fraction of sp³-hybridized carbons (Fsp3) is 0.136. The van der Waals surface area contributed by atoms with Crippen molar-refractivity contribution < 1.29 is 4.74 Å². The number of hydrogen-bond acceptors (Lipinski definition) is 2. The Morgan fingerprint density at radius 2 is 1.40 bits per heavy atom. The van der Waals surface area contributed by atoms with Crippen molar-refractivity contribution in [2.45, 2.75) is 12.6 Å². The highest BCUT2D eigenvalue weighted by molar-refractivity contribution is 5.79. The van der Waals surface area contributed by atoms with Crippen LogP contribution in [-0.2, 0) is 11.3 Å². The summed E-state index contributed by atoms with van der Waals surface area (Å²) in [5.74, 6) is 0. The van der Waals surface area contributed by atoms with E-state index in [0.29, 0.717) is 6.02 Å². The Morgan fingerprint density at radius 1 is 0.800 bits per heavy atom. The van der Waals surface area contributed by atoms with Gasteiger partial charge in [0.2, 0.25) is 0 Å². The molecular formula is C22H20N2O. The first-order valence-electron chi connectivity index (χ1n) is 8.53. The molecule has 0 bridgehead atoms. The molecule has 3 aromatic rings. The van der Waals surface area contributed by atoms with Gasteiger partial charge in [0, 0.05) is 6.54 Å². The quantitative estimate of drug-likeness (QED) is 0.677. The van der Waals surface area contributed by atoms with Gasteiger partial charge in [-0.25, -0.2) is 0 Å². The van der Waals surface area contributed by atoms with Crippen LogP contribution in [0.4, 0.5) is 5.69 Å². The average Bonchev–Trinajstić information content (AvgIpc) is 3.06. The molecule has 3 nitrogen and oxygen atoms in total. The maximum Gasteiger partial charge on any atom is 0.293 e. The molecule has 0 N–H and O–H groups in total. The van der Waals surface area contributed by atoms with Crippen molar-refractivity contribution in [1.29, 1.82) is 0 Å². The van der Waals surface area contributed by atoms with Crippen molar-refractivity contribution in [3.05, 3.63) is 102 Å². The summed E-state index contributed by atoms with van der Waals surface area (Å²) in [7, 11) is 0. The Bertz CT molecular complexity index is 832. The Morgan fingerprint density at radius 3 is 2.08 bits per heavy atom. The predicted octanol–water partition coefficient (Wildman–Crippen LogP) is 4.95. The summed E-state index contributed by atoms with van der Waals surface area (Å²) in [5.41, 5.74) is 3.34. The molecule has 1 aliphatic heterocycles. The second-order valence-corrected chi connectivity index (χ2v) is 6.11. The lowest BCUT2D eigenvalue weighted by Crippen LogP contribution is -2.25. The van der Waals surface area contributed by atoms with Gasteiger partial charge in [0.05, 0.1) is 12.2 Å². The Balaban J connectivity index is 1.62. The maximum absolute atomic E-state index is 6.21. The van der Waals surface area contributed by atoms with Gasteiger partial charge in [-0.3, -0.25) is 0 Å². The second-order valence-electron chi connectivity index (χ2n) is 6.11. The van der Waals surface area contributed by atoms with Crippen LogP contribution in [0, 0.1) is 0 Å². The molecular weight excluding hydrogens is 308 g/mol. The molecule has 0 spiro atoms. The third-order valence-corrected chi connectivity index (χ3v) is 4.27. The first kappa shape index (κ1) is 15.5. The average molecular weight is 328 g/mol. The van der Waals surface area contributed by atoms with Crippen LogP contribution in [0.1, 0.15) is 17.2 Å². The van der Waals surface area contributed by atoms with Crippen LogP contribution >= 0.6 is 0 Å². The monoisotopic (exact) mass is 328 g/mol. The zero-order chi connectivity index (χ0) is 16.9. The second kappa shape index (κ2) is 7.22. The summed E-state index contributed by atoms with van der Waals surface area (Å²) >= 11 is 0. The van der Waals surface area contributed by atoms with Gasteiger partial charge >= 0.3 is 0 Å². The van der Waals surface area contributed by atoms with E-state index in [0.717, 1.165) is 18.8 Å². The van der Waals surface area contributed by atoms with E-state index in [-0.39, 0.29) is 6.10 Å². The minimum Gasteiger partial charge on any atom is -0.455 e. The van der Waals surface area contributed by atoms with Crippen molar-refractivity contribution in [3.63, 3.8) is 0 Å². The van der Waals surface area contributed by atoms with Gasteiger partial charge in [0.1, 0.15) is 6.10 Å². The molecule has 4 rings (SSSR count). The van der Waals surface area contributed by atoms with Crippen LogP contribution in [0.2, 0.25) is 0 Å². The molecule has 1 heterocycles. The van der Waals surface area contributed by atoms with Crippen LogP contribution in [0.5, 0.6) is 0 Å². The maximum atomic E-state index is 6.21. The van der Waals surface area contributed by atoms with E-state index in [2.05, 4.69) is 41.3 Å². The van der Waals surface area contributed by atoms with Crippen LogP contribution in [0.25, 0.3) is 0 Å². The fourth-order valence-electron chi connectivity index (χ4n) is 3.00. The number of rotatable bonds is 4. The van der Waals surface area contributed by atoms with Gasteiger partial charge in [-0.15, -0.1) is 0 Å². The van der Waals surface area contributed by atoms with E-state index in [9.17, 15) is 0 Å². The Labute approximate surface area is 148 Å². The molecule has 0 amide bonds. The molecule has 3 heteroatoms. The topological polar surface area (TPSA) is 24.8 Å². The van der Waals surface area contributed by atoms with Crippen molar-refractivity contribution in [1.82, 2.24) is 4.90 Å². The number of ether oxygens (including phenoxy) is 1. The lowest BCUT2D eigenvalue weighted by Gasteiger charge is -2.15. The fourth-order valence-corrected chi connectivity index (χ4v) is 3.00. The predicted molar refractivity (Wildman–Crippen MR) is 101 cm³/mol. The highest BCUT2D eigenvalue weighted by Gasteiger charge is 2.30. The molecule has 1 atom stereocenters. The normalized spacial score (nSPS) is 18.3. The molecule has 3 aromatic carbocycles. The number of benzene rings is 3. The SMILES string of the molecule is c1ccc(CN2CC(c3ccccc3)OC2=Nc2ccccc2)cc1. The molecule has 0 saturated carbocycles. The zero-order valence-electron chi connectivity index (χ0n) is 14.0. The summed E-state index contributed by atoms with van der Waals surface area (Å²) in [6.45, 7) is 1.58. The number of nitrogens with zero attached hydrogens (tertiary/aromatic N) is 2. The van der Waals surface area contributed by atoms with Gasteiger partial charge in [-0.1, -0.05) is 78.9 Å². The summed E-state index contributed by atoms with van der Waals surface area (Å²) in [4.78, 5) is 6.94. The van der Waals surface area contributed by atoms with Crippen LogP contribution in [0.15, 0.2) is 96.0 Å². The van der Waals surface area contributed by atoms with Crippen molar-refractivity contribution >= 4 is 11.7 Å². The lowest BCUT2D eigenvalue weighted by atomic mass is 10.1. The molecule has 1 fully saturated rings. The van der Waals surface area contributed by atoms with E-state index in [4.69, 9.17) is 9.73 Å². The van der Waals surface area contributed by atoms with E-state index < -0.39 is 0 Å². The molecule has 1 saturated heterocycles. The lowest BCUT2D eigenvalue weighted by molar-refractivity contribution is 0.235. The standard InChI is InChI=1S/C22H20N2O/c1-4-10-18(11-5-1)16-24-17-21(19-12-6-2-7-13-19)25-22(24)23-20-14-8-3-9-15-20/h1-15,21H,16-17H2. The molecule has 0 aliphatic carbocycles. The minimum atomic E-state index is 0.00683. The van der Waals surface area contributed by atoms with Gasteiger partial charge in [-0.2, -0.15) is 4.99 Å². The van der Waals surface area contributed by atoms with E-state index in [1.54, 1.807) is 0 Å². The Hall–Kier alpha value is -3.07. The number of amidine groups is 1. The molecule has 0 aromatic heterocycles.